The Labute approximate surface area is 548 Å². The van der Waals surface area contributed by atoms with Crippen molar-refractivity contribution in [2.45, 2.75) is 143 Å². The number of unbranched alkanes of at least 4 members (excludes halogenated alkanes) is 1. The van der Waals surface area contributed by atoms with Gasteiger partial charge in [-0.25, -0.2) is 8.78 Å². The number of amides is 10. The number of nitrogens with two attached hydrogens (primary N) is 2. The number of hydrogen-bond acceptors (Lipinski definition) is 16. The Hall–Kier alpha value is -8.65. The highest BCUT2D eigenvalue weighted by molar-refractivity contribution is 7.98. The summed E-state index contributed by atoms with van der Waals surface area (Å²) >= 11 is 2.82. The fourth-order valence-corrected chi connectivity index (χ4v) is 13.4. The first-order chi connectivity index (χ1) is 44.9. The summed E-state index contributed by atoms with van der Waals surface area (Å²) in [6.07, 6.45) is 2.69. The molecule has 2 aromatic heterocycles. The molecule has 0 saturated carbocycles. The number of thioether (sulfide) groups is 2. The maximum Gasteiger partial charge on any atom is 0.305 e. The Morgan fingerprint density at radius 2 is 1.30 bits per heavy atom. The van der Waals surface area contributed by atoms with Crippen LogP contribution in [0.4, 0.5) is 8.78 Å². The van der Waals surface area contributed by atoms with Crippen LogP contribution in [0.5, 0.6) is 0 Å². The van der Waals surface area contributed by atoms with E-state index in [0.717, 1.165) is 11.1 Å². The Morgan fingerprint density at radius 3 is 1.91 bits per heavy atom. The number of aromatic nitrogens is 2. The van der Waals surface area contributed by atoms with Crippen LogP contribution in [-0.4, -0.2) is 183 Å². The lowest BCUT2D eigenvalue weighted by Crippen LogP contribution is -2.63. The summed E-state index contributed by atoms with van der Waals surface area (Å²) in [6.45, 7) is 3.14. The minimum atomic E-state index is -1.97. The number of carbonyl (C=O) groups excluding carboxylic acids is 10. The maximum absolute atomic E-state index is 15.0. The molecule has 17 N–H and O–H groups in total. The molecule has 3 aliphatic heterocycles. The lowest BCUT2D eigenvalue weighted by Gasteiger charge is -2.35. The predicted octanol–water partition coefficient (Wildman–Crippen LogP) is 0.192. The zero-order valence-electron chi connectivity index (χ0n) is 52.1. The molecule has 3 aliphatic rings. The number of carboxylic acid groups (broad SMARTS) is 1. The first-order valence-corrected chi connectivity index (χ1v) is 33.4. The van der Waals surface area contributed by atoms with Gasteiger partial charge >= 0.3 is 5.97 Å². The summed E-state index contributed by atoms with van der Waals surface area (Å²) in [4.78, 5) is 162. The predicted molar refractivity (Wildman–Crippen MR) is 348 cm³/mol. The van der Waals surface area contributed by atoms with Crippen LogP contribution in [-0.2, 0) is 77.1 Å². The van der Waals surface area contributed by atoms with Gasteiger partial charge in [0.25, 0.3) is 0 Å². The number of benzene rings is 3. The van der Waals surface area contributed by atoms with Crippen molar-refractivity contribution in [2.24, 2.45) is 11.5 Å². The standard InChI is InChI=1S/C63H81F2N15O12S2/c1-63(2)62(92)80-17-6-10-51(80)61(91)78-50(55(67)85)32-94-31-35-8-5-7-34(19-35)30-93-18-15-52(81)73-45(9-3-4-16-66)56(86)71-29-53(82)74-46(20-36-26-69-43-13-11-38(64)22-41(36)43)57(87)75-47(21-37-27-70-44-14-12-39(65)23-42(37)44)58(88)77-49(25-54(83)84)59(89)76-48(60(90)79-63)24-40-28-68-33-72-40/h5,7-8,11-14,19,22-23,26-27,40,45-51,68-70,72H,3-4,6,9-10,15-18,20-21,24-25,28-33,66H2,1-2H3,(H2,67,85)(H,71,86)(H,73,81)(H,74,82)(H,75,87)(H,76,89)(H,77,88)(H,78,91)(H,79,90)(H,83,84)/t40?,45-,46-,47-,48-,49-,50-,51-/m0/s1. The van der Waals surface area contributed by atoms with Gasteiger partial charge in [-0.15, -0.1) is 0 Å². The lowest BCUT2D eigenvalue weighted by atomic mass is 9.99. The van der Waals surface area contributed by atoms with Crippen molar-refractivity contribution in [3.8, 4) is 0 Å². The molecule has 31 heteroatoms. The summed E-state index contributed by atoms with van der Waals surface area (Å²) in [6, 6.07) is 4.77. The molecule has 8 rings (SSSR count). The Bertz CT molecular complexity index is 3600. The average molecular weight is 1340 g/mol. The van der Waals surface area contributed by atoms with Gasteiger partial charge < -0.3 is 84.6 Å². The number of primary amides is 1. The van der Waals surface area contributed by atoms with E-state index in [-0.39, 0.29) is 55.4 Å². The smallest absolute Gasteiger partial charge is 0.305 e. The number of rotatable bonds is 13. The zero-order chi connectivity index (χ0) is 67.6. The summed E-state index contributed by atoms with van der Waals surface area (Å²) in [7, 11) is 0. The van der Waals surface area contributed by atoms with Crippen molar-refractivity contribution in [2.75, 3.05) is 44.4 Å². The van der Waals surface area contributed by atoms with E-state index in [1.54, 1.807) is 0 Å². The van der Waals surface area contributed by atoms with E-state index in [1.807, 2.05) is 24.3 Å². The van der Waals surface area contributed by atoms with Gasteiger partial charge in [-0.1, -0.05) is 24.3 Å². The van der Waals surface area contributed by atoms with Crippen molar-refractivity contribution >= 4 is 110 Å². The van der Waals surface area contributed by atoms with E-state index in [0.29, 0.717) is 78.3 Å². The Morgan fingerprint density at radius 1 is 0.691 bits per heavy atom. The first-order valence-electron chi connectivity index (χ1n) is 31.1. The second-order valence-electron chi connectivity index (χ2n) is 24.1. The third-order valence-corrected chi connectivity index (χ3v) is 18.6. The van der Waals surface area contributed by atoms with E-state index in [9.17, 15) is 66.6 Å². The molecule has 0 aliphatic carbocycles. The van der Waals surface area contributed by atoms with Gasteiger partial charge in [0.05, 0.1) is 13.0 Å². The number of halogens is 2. The number of nitrogens with zero attached hydrogens (tertiary/aromatic N) is 1. The van der Waals surface area contributed by atoms with Crippen LogP contribution >= 0.6 is 23.5 Å². The van der Waals surface area contributed by atoms with Crippen LogP contribution in [0.15, 0.2) is 73.1 Å². The van der Waals surface area contributed by atoms with Gasteiger partial charge in [0.2, 0.25) is 59.1 Å². The number of carboxylic acids is 1. The third-order valence-electron chi connectivity index (χ3n) is 16.4. The topological polar surface area (TPSA) is 415 Å². The van der Waals surface area contributed by atoms with Crippen molar-refractivity contribution in [3.63, 3.8) is 0 Å². The number of aromatic amines is 2. The second kappa shape index (κ2) is 33.5. The van der Waals surface area contributed by atoms with E-state index in [4.69, 9.17) is 11.5 Å². The monoisotopic (exact) mass is 1340 g/mol. The molecule has 2 bridgehead atoms. The van der Waals surface area contributed by atoms with Crippen LogP contribution in [0.1, 0.15) is 87.5 Å². The number of hydrogen-bond donors (Lipinski definition) is 15. The number of fused-ring (bicyclic) bond motifs is 5. The quantitative estimate of drug-likeness (QED) is 0.0700. The fourth-order valence-electron chi connectivity index (χ4n) is 11.5. The number of carbonyl (C=O) groups is 11. The van der Waals surface area contributed by atoms with E-state index in [2.05, 4.69) is 63.1 Å². The minimum absolute atomic E-state index is 0.0255. The molecule has 2 fully saturated rings. The van der Waals surface area contributed by atoms with Crippen LogP contribution in [0.25, 0.3) is 21.8 Å². The molecule has 0 spiro atoms. The largest absolute Gasteiger partial charge is 0.481 e. The van der Waals surface area contributed by atoms with Gasteiger partial charge in [-0.2, -0.15) is 23.5 Å². The molecule has 27 nitrogen and oxygen atoms in total. The van der Waals surface area contributed by atoms with Crippen molar-refractivity contribution in [3.05, 3.63) is 107 Å². The molecule has 2 saturated heterocycles. The van der Waals surface area contributed by atoms with Crippen LogP contribution in [0.3, 0.4) is 0 Å². The molecule has 8 atom stereocenters. The average Bonchev–Trinajstić information content (AvgIpc) is 1.59. The number of aliphatic carboxylic acids is 1. The molecule has 5 aromatic rings. The minimum Gasteiger partial charge on any atom is -0.481 e. The summed E-state index contributed by atoms with van der Waals surface area (Å²) in [5.41, 5.74) is 13.2. The van der Waals surface area contributed by atoms with E-state index in [1.165, 1.54) is 91.1 Å². The number of H-pyrrole nitrogens is 2. The van der Waals surface area contributed by atoms with Crippen LogP contribution in [0, 0.1) is 11.6 Å². The van der Waals surface area contributed by atoms with Gasteiger partial charge in [0.1, 0.15) is 59.5 Å². The van der Waals surface area contributed by atoms with Gasteiger partial charge in [-0.3, -0.25) is 52.7 Å². The molecule has 94 heavy (non-hydrogen) atoms. The first kappa shape index (κ1) is 71.2. The summed E-state index contributed by atoms with van der Waals surface area (Å²) in [5.74, 6) is -9.88. The SMILES string of the molecule is CC1(C)NC(=O)[C@H](CC2CNCN2)NC(=O)[C@H](CC(=O)O)NC(=O)[C@H](Cc2c[nH]c3ccc(F)cc23)NC(=O)[C@H](Cc2c[nH]c3ccc(F)cc23)NC(=O)CNC(=O)[C@H](CCCCN)NC(=O)CCSCc2cccc(c2)CSC[C@@H](C(N)=O)NC(=O)[C@@H]2CCCN2C1=O. The molecule has 3 aromatic carbocycles. The van der Waals surface area contributed by atoms with Gasteiger partial charge in [0, 0.05) is 102 Å². The second-order valence-corrected chi connectivity index (χ2v) is 26.2. The highest BCUT2D eigenvalue weighted by Gasteiger charge is 2.44. The van der Waals surface area contributed by atoms with Crippen molar-refractivity contribution in [1.29, 1.82) is 0 Å². The normalized spacial score (nSPS) is 24.2. The molecule has 5 heterocycles. The molecular weight excluding hydrogens is 1260 g/mol. The molecule has 10 amide bonds. The van der Waals surface area contributed by atoms with Gasteiger partial charge in [-0.05, 0) is 118 Å². The molecule has 506 valence electrons. The van der Waals surface area contributed by atoms with Crippen molar-refractivity contribution in [1.82, 2.24) is 68.0 Å². The van der Waals surface area contributed by atoms with Crippen LogP contribution in [0.2, 0.25) is 0 Å². The highest BCUT2D eigenvalue weighted by atomic mass is 32.2. The molecular formula is C63H81F2N15O12S2. The summed E-state index contributed by atoms with van der Waals surface area (Å²) in [5, 5.41) is 38.1. The Balaban J connectivity index is 1.11. The van der Waals surface area contributed by atoms with Crippen LogP contribution < -0.4 is 64.6 Å². The maximum atomic E-state index is 15.0. The zero-order valence-corrected chi connectivity index (χ0v) is 53.7. The molecule has 0 radical (unpaired) electrons. The van der Waals surface area contributed by atoms with E-state index < -0.39 is 150 Å². The number of nitrogens with one attached hydrogen (secondary N) is 12. The fraction of sp³-hybridized carbons (Fsp3) is 0.476. The van der Waals surface area contributed by atoms with E-state index >= 15 is 0 Å². The van der Waals surface area contributed by atoms with Gasteiger partial charge in [0.15, 0.2) is 0 Å². The highest BCUT2D eigenvalue weighted by Crippen LogP contribution is 2.26. The summed E-state index contributed by atoms with van der Waals surface area (Å²) < 4.78 is 29.7. The Kier molecular flexibility index (Phi) is 25.3. The van der Waals surface area contributed by atoms with Crippen molar-refractivity contribution < 1.29 is 66.6 Å². The molecule has 1 unspecified atom stereocenters. The lowest BCUT2D eigenvalue weighted by molar-refractivity contribution is -0.145. The third kappa shape index (κ3) is 19.9.